The molecule has 0 bridgehead atoms. The molecule has 0 saturated carbocycles. The van der Waals surface area contributed by atoms with Crippen LogP contribution in [0.4, 0.5) is 17.2 Å². The van der Waals surface area contributed by atoms with Crippen LogP contribution in [-0.2, 0) is 11.3 Å². The Morgan fingerprint density at radius 3 is 2.50 bits per heavy atom. The number of nitrogen functional groups attached to an aromatic ring is 1. The molecule has 0 unspecified atom stereocenters. The molecule has 1 amide bonds. The quantitative estimate of drug-likeness (QED) is 0.374. The van der Waals surface area contributed by atoms with Crippen LogP contribution in [0.25, 0.3) is 5.69 Å². The molecular formula is C26H37N7O3. The predicted octanol–water partition coefficient (Wildman–Crippen LogP) is 3.21. The van der Waals surface area contributed by atoms with Crippen molar-refractivity contribution in [2.45, 2.75) is 60.4 Å². The summed E-state index contributed by atoms with van der Waals surface area (Å²) in [6, 6.07) is 9.72. The number of anilines is 3. The smallest absolute Gasteiger partial charge is 0.330 e. The summed E-state index contributed by atoms with van der Waals surface area (Å²) in [5.41, 5.74) is 8.63. The average molecular weight is 496 g/mol. The lowest BCUT2D eigenvalue weighted by molar-refractivity contribution is -0.116. The van der Waals surface area contributed by atoms with Gasteiger partial charge in [-0.3, -0.25) is 19.1 Å². The van der Waals surface area contributed by atoms with E-state index in [-0.39, 0.29) is 36.3 Å². The van der Waals surface area contributed by atoms with Crippen molar-refractivity contribution in [3.8, 4) is 5.69 Å². The highest BCUT2D eigenvalue weighted by atomic mass is 16.2. The molecule has 0 aliphatic rings. The number of hydrogen-bond donors (Lipinski definition) is 3. The van der Waals surface area contributed by atoms with Gasteiger partial charge < -0.3 is 16.0 Å². The van der Waals surface area contributed by atoms with Crippen LogP contribution in [0.2, 0.25) is 0 Å². The Morgan fingerprint density at radius 2 is 1.86 bits per heavy atom. The molecule has 10 heteroatoms. The molecule has 3 aromatic rings. The first-order chi connectivity index (χ1) is 17.1. The zero-order valence-corrected chi connectivity index (χ0v) is 21.8. The van der Waals surface area contributed by atoms with Crippen LogP contribution < -0.4 is 27.2 Å². The van der Waals surface area contributed by atoms with E-state index >= 15 is 0 Å². The van der Waals surface area contributed by atoms with Gasteiger partial charge in [0.25, 0.3) is 5.56 Å². The number of benzene rings is 1. The van der Waals surface area contributed by atoms with E-state index in [1.807, 2.05) is 65.0 Å². The van der Waals surface area contributed by atoms with Crippen molar-refractivity contribution in [3.63, 3.8) is 0 Å². The second kappa shape index (κ2) is 11.7. The van der Waals surface area contributed by atoms with E-state index in [4.69, 9.17) is 5.73 Å². The van der Waals surface area contributed by atoms with Gasteiger partial charge in [-0.2, -0.15) is 5.10 Å². The Kier molecular flexibility index (Phi) is 8.73. The van der Waals surface area contributed by atoms with E-state index in [0.29, 0.717) is 24.5 Å². The third-order valence-corrected chi connectivity index (χ3v) is 6.02. The summed E-state index contributed by atoms with van der Waals surface area (Å²) in [5.74, 6) is 0.104. The number of H-pyrrole nitrogens is 1. The summed E-state index contributed by atoms with van der Waals surface area (Å²) in [7, 11) is 0. The molecule has 194 valence electrons. The number of amides is 1. The molecule has 10 nitrogen and oxygen atoms in total. The largest absolute Gasteiger partial charge is 0.383 e. The average Bonchev–Trinajstić information content (AvgIpc) is 3.11. The van der Waals surface area contributed by atoms with Crippen LogP contribution in [0.15, 0.2) is 39.9 Å². The number of hydrogen-bond acceptors (Lipinski definition) is 6. The number of para-hydroxylation sites is 1. The molecule has 0 fully saturated rings. The molecule has 36 heavy (non-hydrogen) atoms. The maximum Gasteiger partial charge on any atom is 0.330 e. The molecule has 4 N–H and O–H groups in total. The van der Waals surface area contributed by atoms with Crippen molar-refractivity contribution in [2.75, 3.05) is 29.0 Å². The predicted molar refractivity (Wildman–Crippen MR) is 144 cm³/mol. The van der Waals surface area contributed by atoms with Crippen molar-refractivity contribution in [1.82, 2.24) is 19.3 Å². The summed E-state index contributed by atoms with van der Waals surface area (Å²) in [4.78, 5) is 42.3. The summed E-state index contributed by atoms with van der Waals surface area (Å²) >= 11 is 0. The number of aromatic nitrogens is 4. The number of aryl methyl sites for hydroxylation is 1. The lowest BCUT2D eigenvalue weighted by atomic mass is 10.2. The van der Waals surface area contributed by atoms with Crippen LogP contribution in [-0.4, -0.2) is 38.3 Å². The summed E-state index contributed by atoms with van der Waals surface area (Å²) in [6.45, 7) is 11.0. The minimum absolute atomic E-state index is 0.129. The zero-order valence-electron chi connectivity index (χ0n) is 21.8. The maximum absolute atomic E-state index is 13.0. The molecule has 1 aromatic carbocycles. The standard InChI is InChI=1S/C26H37N7O3/c1-6-7-14-31(23-24(27)32(16-17(2)3)26(36)29-25(23)35)15-13-21(34)28-22-18(4)30-33(19(22)5)20-11-9-8-10-12-20/h8-12,17H,6-7,13-16,27H2,1-5H3,(H,28,34)(H,29,35,36). The van der Waals surface area contributed by atoms with E-state index in [9.17, 15) is 14.4 Å². The molecule has 2 aromatic heterocycles. The third kappa shape index (κ3) is 6.05. The Morgan fingerprint density at radius 1 is 1.17 bits per heavy atom. The highest BCUT2D eigenvalue weighted by Crippen LogP contribution is 2.23. The first kappa shape index (κ1) is 26.8. The Bertz CT molecular complexity index is 1310. The number of carbonyl (C=O) groups is 1. The third-order valence-electron chi connectivity index (χ3n) is 6.02. The Hall–Kier alpha value is -3.82. The molecule has 3 rings (SSSR count). The first-order valence-corrected chi connectivity index (χ1v) is 12.4. The summed E-state index contributed by atoms with van der Waals surface area (Å²) in [6.07, 6.45) is 1.86. The SMILES string of the molecule is CCCCN(CCC(=O)Nc1c(C)nn(-c2ccccc2)c1C)c1c(N)n(CC(C)C)c(=O)[nH]c1=O. The summed E-state index contributed by atoms with van der Waals surface area (Å²) < 4.78 is 3.20. The van der Waals surface area contributed by atoms with E-state index in [2.05, 4.69) is 15.4 Å². The minimum atomic E-state index is -0.537. The second-order valence-electron chi connectivity index (χ2n) is 9.43. The lowest BCUT2D eigenvalue weighted by Crippen LogP contribution is -2.40. The van der Waals surface area contributed by atoms with Crippen LogP contribution >= 0.6 is 0 Å². The van der Waals surface area contributed by atoms with Crippen LogP contribution in [0, 0.1) is 19.8 Å². The number of nitrogens with zero attached hydrogens (tertiary/aromatic N) is 4. The highest BCUT2D eigenvalue weighted by Gasteiger charge is 2.21. The van der Waals surface area contributed by atoms with Gasteiger partial charge in [0.05, 0.1) is 22.8 Å². The highest BCUT2D eigenvalue weighted by molar-refractivity contribution is 5.92. The molecule has 0 aliphatic carbocycles. The molecule has 0 aliphatic heterocycles. The van der Waals surface area contributed by atoms with Gasteiger partial charge in [-0.15, -0.1) is 0 Å². The number of nitrogens with one attached hydrogen (secondary N) is 2. The molecular weight excluding hydrogens is 458 g/mol. The Balaban J connectivity index is 1.81. The molecule has 0 radical (unpaired) electrons. The van der Waals surface area contributed by atoms with E-state index < -0.39 is 11.2 Å². The van der Waals surface area contributed by atoms with Crippen molar-refractivity contribution in [1.29, 1.82) is 0 Å². The number of carbonyl (C=O) groups excluding carboxylic acids is 1. The van der Waals surface area contributed by atoms with Crippen LogP contribution in [0.3, 0.4) is 0 Å². The first-order valence-electron chi connectivity index (χ1n) is 12.4. The van der Waals surface area contributed by atoms with Gasteiger partial charge in [-0.05, 0) is 38.3 Å². The van der Waals surface area contributed by atoms with E-state index in [0.717, 1.165) is 24.2 Å². The van der Waals surface area contributed by atoms with Crippen molar-refractivity contribution in [2.24, 2.45) is 5.92 Å². The van der Waals surface area contributed by atoms with Crippen LogP contribution in [0.1, 0.15) is 51.4 Å². The van der Waals surface area contributed by atoms with Crippen LogP contribution in [0.5, 0.6) is 0 Å². The lowest BCUT2D eigenvalue weighted by Gasteiger charge is -2.26. The summed E-state index contributed by atoms with van der Waals surface area (Å²) in [5, 5.41) is 7.56. The second-order valence-corrected chi connectivity index (χ2v) is 9.43. The van der Waals surface area contributed by atoms with Crippen molar-refractivity contribution < 1.29 is 4.79 Å². The number of aromatic amines is 1. The molecule has 0 atom stereocenters. The van der Waals surface area contributed by atoms with Gasteiger partial charge in [0, 0.05) is 26.1 Å². The Labute approximate surface area is 211 Å². The molecule has 2 heterocycles. The minimum Gasteiger partial charge on any atom is -0.383 e. The van der Waals surface area contributed by atoms with Gasteiger partial charge in [-0.25, -0.2) is 9.48 Å². The zero-order chi connectivity index (χ0) is 26.4. The topological polar surface area (TPSA) is 131 Å². The van der Waals surface area contributed by atoms with Gasteiger partial charge in [0.15, 0.2) is 0 Å². The normalized spacial score (nSPS) is 11.2. The molecule has 0 spiro atoms. The van der Waals surface area contributed by atoms with E-state index in [1.54, 1.807) is 9.58 Å². The molecule has 0 saturated heterocycles. The van der Waals surface area contributed by atoms with E-state index in [1.165, 1.54) is 4.57 Å². The number of rotatable bonds is 11. The van der Waals surface area contributed by atoms with Gasteiger partial charge in [0.2, 0.25) is 5.91 Å². The number of nitrogens with two attached hydrogens (primary N) is 1. The van der Waals surface area contributed by atoms with Crippen molar-refractivity contribution in [3.05, 3.63) is 62.6 Å². The fourth-order valence-electron chi connectivity index (χ4n) is 4.20. The van der Waals surface area contributed by atoms with Gasteiger partial charge in [-0.1, -0.05) is 45.4 Å². The fourth-order valence-corrected chi connectivity index (χ4v) is 4.20. The maximum atomic E-state index is 13.0. The number of unbranched alkanes of at least 4 members (excludes halogenated alkanes) is 1. The van der Waals surface area contributed by atoms with Gasteiger partial charge >= 0.3 is 5.69 Å². The fraction of sp³-hybridized carbons (Fsp3) is 0.462. The monoisotopic (exact) mass is 495 g/mol. The van der Waals surface area contributed by atoms with Gasteiger partial charge in [0.1, 0.15) is 11.5 Å². The van der Waals surface area contributed by atoms with Crippen molar-refractivity contribution >= 4 is 23.1 Å².